The molecule has 0 amide bonds. The molecule has 0 bridgehead atoms. The van der Waals surface area contributed by atoms with E-state index in [0.29, 0.717) is 11.8 Å². The highest BCUT2D eigenvalue weighted by Gasteiger charge is 2.36. The molecular formula is C16H22N2O2. The zero-order valence-corrected chi connectivity index (χ0v) is 11.8. The van der Waals surface area contributed by atoms with Crippen molar-refractivity contribution in [1.82, 2.24) is 9.80 Å². The second-order valence-electron chi connectivity index (χ2n) is 6.23. The first-order chi connectivity index (χ1) is 9.81. The minimum atomic E-state index is 0.293. The van der Waals surface area contributed by atoms with E-state index in [1.165, 1.54) is 37.9 Å². The van der Waals surface area contributed by atoms with Crippen molar-refractivity contribution in [3.63, 3.8) is 0 Å². The molecule has 3 heterocycles. The number of piperazine rings is 1. The molecule has 3 aliphatic heterocycles. The van der Waals surface area contributed by atoms with Crippen molar-refractivity contribution in [3.05, 3.63) is 23.8 Å². The number of phenols is 1. The van der Waals surface area contributed by atoms with Gasteiger partial charge in [0.15, 0.2) is 0 Å². The van der Waals surface area contributed by atoms with Crippen LogP contribution >= 0.6 is 0 Å². The van der Waals surface area contributed by atoms with E-state index in [1.807, 2.05) is 6.07 Å². The quantitative estimate of drug-likeness (QED) is 0.849. The molecule has 1 aromatic carbocycles. The van der Waals surface area contributed by atoms with Gasteiger partial charge in [0.05, 0.1) is 6.04 Å². The second kappa shape index (κ2) is 4.93. The average Bonchev–Trinajstić information content (AvgIpc) is 2.89. The van der Waals surface area contributed by atoms with Gasteiger partial charge in [-0.15, -0.1) is 0 Å². The van der Waals surface area contributed by atoms with Gasteiger partial charge >= 0.3 is 0 Å². The maximum atomic E-state index is 9.55. The van der Waals surface area contributed by atoms with Crippen molar-refractivity contribution >= 4 is 0 Å². The van der Waals surface area contributed by atoms with E-state index in [9.17, 15) is 5.11 Å². The van der Waals surface area contributed by atoms with Crippen molar-refractivity contribution in [2.24, 2.45) is 0 Å². The first-order valence-electron chi connectivity index (χ1n) is 7.75. The molecule has 4 nitrogen and oxygen atoms in total. The molecule has 0 radical (unpaired) electrons. The van der Waals surface area contributed by atoms with Crippen molar-refractivity contribution in [2.45, 2.75) is 31.3 Å². The summed E-state index contributed by atoms with van der Waals surface area (Å²) >= 11 is 0. The van der Waals surface area contributed by atoms with Crippen LogP contribution in [0.1, 0.15) is 30.9 Å². The maximum Gasteiger partial charge on any atom is 0.127 e. The van der Waals surface area contributed by atoms with E-state index in [-0.39, 0.29) is 0 Å². The summed E-state index contributed by atoms with van der Waals surface area (Å²) in [5.74, 6) is 1.16. The number of phenolic OH excluding ortho intramolecular Hbond substituents is 1. The zero-order valence-electron chi connectivity index (χ0n) is 11.8. The number of hydrogen-bond acceptors (Lipinski definition) is 4. The Hall–Kier alpha value is -1.26. The van der Waals surface area contributed by atoms with Gasteiger partial charge in [-0.05, 0) is 31.5 Å². The lowest BCUT2D eigenvalue weighted by Crippen LogP contribution is -2.55. The number of hydrogen-bond donors (Lipinski definition) is 1. The van der Waals surface area contributed by atoms with Crippen LogP contribution in [0, 0.1) is 0 Å². The molecule has 2 atom stereocenters. The minimum absolute atomic E-state index is 0.293. The normalized spacial score (nSPS) is 30.6. The first kappa shape index (κ1) is 12.5. The number of rotatable bonds is 1. The third-order valence-electron chi connectivity index (χ3n) is 5.06. The SMILES string of the molecule is Oc1ccc2c(c1)OCC2N1CCN2CCCCC2C1. The third-order valence-corrected chi connectivity index (χ3v) is 5.06. The van der Waals surface area contributed by atoms with Crippen LogP contribution < -0.4 is 4.74 Å². The number of nitrogens with zero attached hydrogens (tertiary/aromatic N) is 2. The lowest BCUT2D eigenvalue weighted by atomic mass is 9.97. The van der Waals surface area contributed by atoms with Gasteiger partial charge in [-0.2, -0.15) is 0 Å². The number of aromatic hydroxyl groups is 1. The van der Waals surface area contributed by atoms with Crippen LogP contribution in [0.2, 0.25) is 0 Å². The van der Waals surface area contributed by atoms with Crippen LogP contribution in [0.5, 0.6) is 11.5 Å². The van der Waals surface area contributed by atoms with Crippen LogP contribution in [0.15, 0.2) is 18.2 Å². The van der Waals surface area contributed by atoms with Crippen LogP contribution in [0.4, 0.5) is 0 Å². The summed E-state index contributed by atoms with van der Waals surface area (Å²) in [5, 5.41) is 9.55. The van der Waals surface area contributed by atoms with Gasteiger partial charge in [-0.25, -0.2) is 0 Å². The predicted molar refractivity (Wildman–Crippen MR) is 77.1 cm³/mol. The summed E-state index contributed by atoms with van der Waals surface area (Å²) in [6, 6.07) is 6.65. The topological polar surface area (TPSA) is 35.9 Å². The van der Waals surface area contributed by atoms with Crippen molar-refractivity contribution in [2.75, 3.05) is 32.8 Å². The average molecular weight is 274 g/mol. The number of ether oxygens (including phenoxy) is 1. The molecule has 2 fully saturated rings. The molecule has 3 aliphatic rings. The highest BCUT2D eigenvalue weighted by atomic mass is 16.5. The molecule has 0 saturated carbocycles. The van der Waals surface area contributed by atoms with E-state index in [1.54, 1.807) is 12.1 Å². The van der Waals surface area contributed by atoms with Crippen LogP contribution in [-0.2, 0) is 0 Å². The van der Waals surface area contributed by atoms with Crippen molar-refractivity contribution in [1.29, 1.82) is 0 Å². The van der Waals surface area contributed by atoms with Crippen molar-refractivity contribution < 1.29 is 9.84 Å². The van der Waals surface area contributed by atoms with E-state index in [2.05, 4.69) is 9.80 Å². The monoisotopic (exact) mass is 274 g/mol. The fraction of sp³-hybridized carbons (Fsp3) is 0.625. The first-order valence-corrected chi connectivity index (χ1v) is 7.75. The Morgan fingerprint density at radius 1 is 1.10 bits per heavy atom. The standard InChI is InChI=1S/C16H22N2O2/c19-13-4-5-14-15(11-20-16(14)9-13)18-8-7-17-6-2-1-3-12(17)10-18/h4-5,9,12,15,19H,1-3,6-8,10-11H2. The Bertz CT molecular complexity index is 505. The van der Waals surface area contributed by atoms with E-state index in [0.717, 1.165) is 31.5 Å². The Morgan fingerprint density at radius 2 is 2.00 bits per heavy atom. The fourth-order valence-corrected chi connectivity index (χ4v) is 3.95. The second-order valence-corrected chi connectivity index (χ2v) is 6.23. The van der Waals surface area contributed by atoms with E-state index in [4.69, 9.17) is 4.74 Å². The predicted octanol–water partition coefficient (Wildman–Crippen LogP) is 2.00. The molecule has 1 N–H and O–H groups in total. The smallest absolute Gasteiger partial charge is 0.127 e. The van der Waals surface area contributed by atoms with Gasteiger partial charge in [0.1, 0.15) is 18.1 Å². The molecule has 0 spiro atoms. The lowest BCUT2D eigenvalue weighted by molar-refractivity contribution is 0.0222. The molecule has 108 valence electrons. The summed E-state index contributed by atoms with van der Waals surface area (Å²) in [4.78, 5) is 5.24. The molecular weight excluding hydrogens is 252 g/mol. The Labute approximate surface area is 119 Å². The van der Waals surface area contributed by atoms with Gasteiger partial charge < -0.3 is 9.84 Å². The van der Waals surface area contributed by atoms with Gasteiger partial charge in [0.2, 0.25) is 0 Å². The molecule has 4 heteroatoms. The Balaban J connectivity index is 1.52. The zero-order chi connectivity index (χ0) is 13.5. The largest absolute Gasteiger partial charge is 0.508 e. The van der Waals surface area contributed by atoms with Gasteiger partial charge in [0, 0.05) is 37.3 Å². The summed E-state index contributed by atoms with van der Waals surface area (Å²) < 4.78 is 5.77. The Kier molecular flexibility index (Phi) is 3.08. The molecule has 20 heavy (non-hydrogen) atoms. The molecule has 0 aliphatic carbocycles. The number of piperidine rings is 1. The minimum Gasteiger partial charge on any atom is -0.508 e. The highest BCUT2D eigenvalue weighted by molar-refractivity contribution is 5.44. The summed E-state index contributed by atoms with van der Waals surface area (Å²) in [5.41, 5.74) is 1.24. The lowest BCUT2D eigenvalue weighted by Gasteiger charge is -2.45. The van der Waals surface area contributed by atoms with Gasteiger partial charge in [0.25, 0.3) is 0 Å². The van der Waals surface area contributed by atoms with E-state index < -0.39 is 0 Å². The molecule has 0 aromatic heterocycles. The third kappa shape index (κ3) is 2.07. The molecule has 1 aromatic rings. The van der Waals surface area contributed by atoms with Gasteiger partial charge in [-0.3, -0.25) is 9.80 Å². The summed E-state index contributed by atoms with van der Waals surface area (Å²) in [7, 11) is 0. The van der Waals surface area contributed by atoms with E-state index >= 15 is 0 Å². The number of fused-ring (bicyclic) bond motifs is 2. The number of benzene rings is 1. The van der Waals surface area contributed by atoms with Crippen LogP contribution in [0.25, 0.3) is 0 Å². The van der Waals surface area contributed by atoms with Crippen LogP contribution in [0.3, 0.4) is 0 Å². The fourth-order valence-electron chi connectivity index (χ4n) is 3.95. The molecule has 2 saturated heterocycles. The van der Waals surface area contributed by atoms with Crippen LogP contribution in [-0.4, -0.2) is 53.7 Å². The van der Waals surface area contributed by atoms with Gasteiger partial charge in [-0.1, -0.05) is 6.42 Å². The summed E-state index contributed by atoms with van der Waals surface area (Å²) in [6.45, 7) is 5.49. The highest BCUT2D eigenvalue weighted by Crippen LogP contribution is 2.39. The molecule has 2 unspecified atom stereocenters. The maximum absolute atomic E-state index is 9.55. The molecule has 4 rings (SSSR count). The van der Waals surface area contributed by atoms with Crippen molar-refractivity contribution in [3.8, 4) is 11.5 Å². The Morgan fingerprint density at radius 3 is 2.95 bits per heavy atom. The summed E-state index contributed by atoms with van der Waals surface area (Å²) in [6.07, 6.45) is 4.08.